The lowest BCUT2D eigenvalue weighted by Gasteiger charge is -2.06. The quantitative estimate of drug-likeness (QED) is 0.565. The molecule has 1 rings (SSSR count). The first-order chi connectivity index (χ1) is 5.35. The molecular weight excluding hydrogens is 154 g/mol. The number of nitrogens with zero attached hydrogens (tertiary/aromatic N) is 1. The number of amides is 1. The lowest BCUT2D eigenvalue weighted by molar-refractivity contribution is 0.127. The molecule has 0 saturated carbocycles. The van der Waals surface area contributed by atoms with E-state index >= 15 is 0 Å². The molecule has 0 spiro atoms. The molecule has 1 heterocycles. The summed E-state index contributed by atoms with van der Waals surface area (Å²) in [5, 5.41) is 0. The Balaban J connectivity index is 2.64. The highest BCUT2D eigenvalue weighted by Crippen LogP contribution is 2.50. The molecule has 1 amide bonds. The van der Waals surface area contributed by atoms with E-state index in [1.165, 1.54) is 0 Å². The van der Waals surface area contributed by atoms with Crippen LogP contribution >= 0.6 is 0 Å². The van der Waals surface area contributed by atoms with Crippen LogP contribution in [0.1, 0.15) is 34.6 Å². The molecule has 1 aliphatic rings. The summed E-state index contributed by atoms with van der Waals surface area (Å²) in [4.78, 5) is 13.1. The summed E-state index contributed by atoms with van der Waals surface area (Å²) in [5.74, 6) is 0. The summed E-state index contributed by atoms with van der Waals surface area (Å²) in [6, 6.07) is 0. The van der Waals surface area contributed by atoms with Crippen LogP contribution in [0.15, 0.2) is 0 Å². The van der Waals surface area contributed by atoms with E-state index in [0.29, 0.717) is 6.61 Å². The summed E-state index contributed by atoms with van der Waals surface area (Å²) < 4.78 is 4.92. The van der Waals surface area contributed by atoms with E-state index in [1.54, 1.807) is 4.90 Å². The van der Waals surface area contributed by atoms with Crippen molar-refractivity contribution in [3.63, 3.8) is 0 Å². The van der Waals surface area contributed by atoms with E-state index in [9.17, 15) is 4.79 Å². The summed E-state index contributed by atoms with van der Waals surface area (Å²) >= 11 is 0. The van der Waals surface area contributed by atoms with Crippen LogP contribution in [0.3, 0.4) is 0 Å². The molecule has 1 fully saturated rings. The predicted octanol–water partition coefficient (Wildman–Crippen LogP) is 2.02. The second-order valence-electron chi connectivity index (χ2n) is 4.15. The molecule has 0 aliphatic carbocycles. The van der Waals surface area contributed by atoms with Crippen molar-refractivity contribution < 1.29 is 9.53 Å². The number of carbonyl (C=O) groups is 1. The molecule has 70 valence electrons. The van der Waals surface area contributed by atoms with Crippen molar-refractivity contribution in [2.24, 2.45) is 0 Å². The fraction of sp³-hybridized carbons (Fsp3) is 0.889. The minimum absolute atomic E-state index is 0.0563. The first kappa shape index (κ1) is 9.36. The Hall–Kier alpha value is -0.730. The zero-order valence-electron chi connectivity index (χ0n) is 8.47. The molecule has 0 N–H and O–H groups in total. The molecule has 0 bridgehead atoms. The second kappa shape index (κ2) is 2.38. The van der Waals surface area contributed by atoms with Crippen molar-refractivity contribution in [3.05, 3.63) is 0 Å². The minimum Gasteiger partial charge on any atom is -0.450 e. The van der Waals surface area contributed by atoms with Crippen LogP contribution in [0.25, 0.3) is 0 Å². The van der Waals surface area contributed by atoms with Gasteiger partial charge in [-0.3, -0.25) is 4.90 Å². The Morgan fingerprint density at radius 2 is 1.67 bits per heavy atom. The third kappa shape index (κ3) is 0.993. The van der Waals surface area contributed by atoms with Gasteiger partial charge in [0.25, 0.3) is 0 Å². The first-order valence-corrected chi connectivity index (χ1v) is 4.32. The summed E-state index contributed by atoms with van der Waals surface area (Å²) in [6.07, 6.45) is -0.201. The molecule has 0 aromatic carbocycles. The maximum Gasteiger partial charge on any atom is 0.410 e. The molecular formula is C9H17NO2. The highest BCUT2D eigenvalue weighted by molar-refractivity contribution is 5.74. The van der Waals surface area contributed by atoms with Crippen molar-refractivity contribution in [2.75, 3.05) is 6.61 Å². The molecule has 3 heteroatoms. The zero-order chi connectivity index (χ0) is 9.57. The van der Waals surface area contributed by atoms with Crippen molar-refractivity contribution in [1.29, 1.82) is 0 Å². The van der Waals surface area contributed by atoms with E-state index in [0.717, 1.165) is 0 Å². The monoisotopic (exact) mass is 171 g/mol. The fourth-order valence-electron chi connectivity index (χ4n) is 1.56. The Kier molecular flexibility index (Phi) is 1.85. The van der Waals surface area contributed by atoms with Gasteiger partial charge in [-0.05, 0) is 34.6 Å². The number of carbonyl (C=O) groups excluding carboxylic acids is 1. The van der Waals surface area contributed by atoms with Gasteiger partial charge in [0.2, 0.25) is 0 Å². The molecule has 0 aromatic heterocycles. The van der Waals surface area contributed by atoms with Crippen LogP contribution in [0.2, 0.25) is 0 Å². The zero-order valence-corrected chi connectivity index (χ0v) is 8.47. The topological polar surface area (TPSA) is 29.3 Å². The third-order valence-corrected chi connectivity index (χ3v) is 3.02. The summed E-state index contributed by atoms with van der Waals surface area (Å²) in [6.45, 7) is 10.4. The van der Waals surface area contributed by atoms with E-state index < -0.39 is 0 Å². The summed E-state index contributed by atoms with van der Waals surface area (Å²) in [5.41, 5.74) is -0.113. The standard InChI is InChI=1S/C9H17NO2/c1-6-12-7(11)10-8(2,3)9(10,4)5/h6H2,1-5H3. The number of hydrogen-bond acceptors (Lipinski definition) is 2. The molecule has 1 saturated heterocycles. The lowest BCUT2D eigenvalue weighted by atomic mass is 10.0. The Morgan fingerprint density at radius 1 is 1.25 bits per heavy atom. The minimum atomic E-state index is -0.201. The van der Waals surface area contributed by atoms with Gasteiger partial charge in [-0.15, -0.1) is 0 Å². The van der Waals surface area contributed by atoms with Crippen molar-refractivity contribution >= 4 is 6.09 Å². The third-order valence-electron chi connectivity index (χ3n) is 3.02. The van der Waals surface area contributed by atoms with E-state index in [-0.39, 0.29) is 17.2 Å². The van der Waals surface area contributed by atoms with Gasteiger partial charge in [0, 0.05) is 0 Å². The molecule has 1 aliphatic heterocycles. The summed E-state index contributed by atoms with van der Waals surface area (Å²) in [7, 11) is 0. The van der Waals surface area contributed by atoms with Crippen LogP contribution in [-0.2, 0) is 4.74 Å². The van der Waals surface area contributed by atoms with Gasteiger partial charge in [0.05, 0.1) is 17.7 Å². The van der Waals surface area contributed by atoms with Crippen LogP contribution in [-0.4, -0.2) is 28.7 Å². The Bertz CT molecular complexity index is 195. The highest BCUT2D eigenvalue weighted by atomic mass is 16.6. The lowest BCUT2D eigenvalue weighted by Crippen LogP contribution is -2.20. The van der Waals surface area contributed by atoms with Crippen LogP contribution in [0.4, 0.5) is 4.79 Å². The molecule has 0 atom stereocenters. The van der Waals surface area contributed by atoms with Crippen LogP contribution < -0.4 is 0 Å². The van der Waals surface area contributed by atoms with E-state index in [4.69, 9.17) is 4.74 Å². The Morgan fingerprint density at radius 3 is 1.92 bits per heavy atom. The van der Waals surface area contributed by atoms with Gasteiger partial charge in [-0.2, -0.15) is 0 Å². The number of hydrogen-bond donors (Lipinski definition) is 0. The number of rotatable bonds is 1. The fourth-order valence-corrected chi connectivity index (χ4v) is 1.56. The highest BCUT2D eigenvalue weighted by Gasteiger charge is 2.66. The largest absolute Gasteiger partial charge is 0.450 e. The molecule has 12 heavy (non-hydrogen) atoms. The average molecular weight is 171 g/mol. The van der Waals surface area contributed by atoms with Crippen LogP contribution in [0, 0.1) is 0 Å². The van der Waals surface area contributed by atoms with Crippen molar-refractivity contribution in [1.82, 2.24) is 4.90 Å². The van der Waals surface area contributed by atoms with Gasteiger partial charge >= 0.3 is 6.09 Å². The predicted molar refractivity (Wildman–Crippen MR) is 47.0 cm³/mol. The number of ether oxygens (including phenoxy) is 1. The first-order valence-electron chi connectivity index (χ1n) is 4.32. The molecule has 0 radical (unpaired) electrons. The Labute approximate surface area is 73.7 Å². The van der Waals surface area contributed by atoms with Crippen molar-refractivity contribution in [3.8, 4) is 0 Å². The molecule has 0 aromatic rings. The van der Waals surface area contributed by atoms with E-state index in [2.05, 4.69) is 0 Å². The van der Waals surface area contributed by atoms with Gasteiger partial charge in [0.1, 0.15) is 0 Å². The van der Waals surface area contributed by atoms with Crippen molar-refractivity contribution in [2.45, 2.75) is 45.7 Å². The molecule has 0 unspecified atom stereocenters. The van der Waals surface area contributed by atoms with Gasteiger partial charge < -0.3 is 4.74 Å². The van der Waals surface area contributed by atoms with E-state index in [1.807, 2.05) is 34.6 Å². The average Bonchev–Trinajstić information content (AvgIpc) is 2.24. The SMILES string of the molecule is CCOC(=O)N1C(C)(C)C1(C)C. The second-order valence-corrected chi connectivity index (χ2v) is 4.15. The normalized spacial score (nSPS) is 23.6. The van der Waals surface area contributed by atoms with Crippen LogP contribution in [0.5, 0.6) is 0 Å². The maximum atomic E-state index is 11.3. The smallest absolute Gasteiger partial charge is 0.410 e. The maximum absolute atomic E-state index is 11.3. The van der Waals surface area contributed by atoms with Gasteiger partial charge in [-0.25, -0.2) is 4.79 Å². The van der Waals surface area contributed by atoms with Gasteiger partial charge in [0.15, 0.2) is 0 Å². The van der Waals surface area contributed by atoms with Gasteiger partial charge in [-0.1, -0.05) is 0 Å². The molecule has 3 nitrogen and oxygen atoms in total.